The van der Waals surface area contributed by atoms with Crippen LogP contribution in [0.3, 0.4) is 0 Å². The molecule has 8 nitrogen and oxygen atoms in total. The van der Waals surface area contributed by atoms with E-state index in [9.17, 15) is 13.2 Å². The third-order valence-corrected chi connectivity index (χ3v) is 4.89. The monoisotopic (exact) mass is 416 g/mol. The minimum absolute atomic E-state index is 0.0884. The summed E-state index contributed by atoms with van der Waals surface area (Å²) in [6.45, 7) is 1.63. The number of carbonyl (C=O) groups is 1. The molecule has 29 heavy (non-hydrogen) atoms. The first kappa shape index (κ1) is 20.5. The van der Waals surface area contributed by atoms with Gasteiger partial charge >= 0.3 is 5.97 Å². The number of benzene rings is 2. The van der Waals surface area contributed by atoms with E-state index in [1.54, 1.807) is 50.4 Å². The number of hydrogen-bond donors (Lipinski definition) is 0. The molecule has 0 spiro atoms. The van der Waals surface area contributed by atoms with Crippen molar-refractivity contribution in [3.63, 3.8) is 0 Å². The van der Waals surface area contributed by atoms with Gasteiger partial charge in [0, 0.05) is 11.8 Å². The van der Waals surface area contributed by atoms with Crippen LogP contribution in [0.2, 0.25) is 0 Å². The quantitative estimate of drug-likeness (QED) is 0.540. The summed E-state index contributed by atoms with van der Waals surface area (Å²) in [5.74, 6) is 0.508. The van der Waals surface area contributed by atoms with Crippen LogP contribution in [-0.2, 0) is 20.3 Å². The van der Waals surface area contributed by atoms with Crippen molar-refractivity contribution in [1.29, 1.82) is 0 Å². The lowest BCUT2D eigenvalue weighted by molar-refractivity contribution is 0.0280. The molecule has 0 aliphatic rings. The molecule has 0 aliphatic heterocycles. The number of ether oxygens (including phenoxy) is 2. The van der Waals surface area contributed by atoms with Crippen LogP contribution in [0.25, 0.3) is 11.5 Å². The highest BCUT2D eigenvalue weighted by Crippen LogP contribution is 2.24. The topological polar surface area (TPSA) is 109 Å². The molecule has 9 heteroatoms. The van der Waals surface area contributed by atoms with E-state index in [-0.39, 0.29) is 11.6 Å². The minimum Gasteiger partial charge on any atom is -0.497 e. The zero-order valence-corrected chi connectivity index (χ0v) is 17.0. The first-order valence-corrected chi connectivity index (χ1v) is 10.8. The molecule has 0 aliphatic carbocycles. The number of aromatic nitrogens is 2. The number of carbonyl (C=O) groups excluding carboxylic acids is 1. The van der Waals surface area contributed by atoms with Crippen molar-refractivity contribution < 1.29 is 27.1 Å². The van der Waals surface area contributed by atoms with Crippen molar-refractivity contribution in [2.45, 2.75) is 18.8 Å². The SMILES string of the molecule is COc1ccc(-c2nnc([C@H](C)OC(=O)c3ccc(CS(C)(=O)=O)cc3)o2)cc1. The predicted octanol–water partition coefficient (Wildman–Crippen LogP) is 3.21. The van der Waals surface area contributed by atoms with E-state index in [4.69, 9.17) is 13.9 Å². The fraction of sp³-hybridized carbons (Fsp3) is 0.250. The second-order valence-electron chi connectivity index (χ2n) is 6.49. The zero-order valence-electron chi connectivity index (χ0n) is 16.2. The van der Waals surface area contributed by atoms with E-state index >= 15 is 0 Å². The molecular formula is C20H20N2O6S. The van der Waals surface area contributed by atoms with Gasteiger partial charge in [-0.25, -0.2) is 13.2 Å². The number of esters is 1. The molecule has 0 saturated carbocycles. The van der Waals surface area contributed by atoms with Crippen molar-refractivity contribution in [3.05, 3.63) is 65.5 Å². The zero-order chi connectivity index (χ0) is 21.0. The highest BCUT2D eigenvalue weighted by Gasteiger charge is 2.20. The van der Waals surface area contributed by atoms with Gasteiger partial charge in [0.05, 0.1) is 18.4 Å². The lowest BCUT2D eigenvalue weighted by atomic mass is 10.1. The Bertz CT molecular complexity index is 1090. The van der Waals surface area contributed by atoms with Gasteiger partial charge in [0.1, 0.15) is 5.75 Å². The third-order valence-electron chi connectivity index (χ3n) is 4.03. The normalized spacial score (nSPS) is 12.4. The molecule has 0 amide bonds. The van der Waals surface area contributed by atoms with Crippen LogP contribution in [0.4, 0.5) is 0 Å². The van der Waals surface area contributed by atoms with Gasteiger partial charge < -0.3 is 13.9 Å². The molecule has 1 aromatic heterocycles. The van der Waals surface area contributed by atoms with Gasteiger partial charge in [0.15, 0.2) is 15.9 Å². The summed E-state index contributed by atoms with van der Waals surface area (Å²) >= 11 is 0. The Kier molecular flexibility index (Phi) is 5.97. The maximum absolute atomic E-state index is 12.3. The van der Waals surface area contributed by atoms with Gasteiger partial charge in [0.25, 0.3) is 5.89 Å². The maximum atomic E-state index is 12.3. The second kappa shape index (κ2) is 8.44. The Labute approximate surface area is 168 Å². The largest absolute Gasteiger partial charge is 0.497 e. The fourth-order valence-corrected chi connectivity index (χ4v) is 3.37. The molecule has 0 radical (unpaired) electrons. The van der Waals surface area contributed by atoms with Crippen molar-refractivity contribution in [1.82, 2.24) is 10.2 Å². The van der Waals surface area contributed by atoms with E-state index < -0.39 is 21.9 Å². The number of methoxy groups -OCH3 is 1. The maximum Gasteiger partial charge on any atom is 0.338 e. The minimum atomic E-state index is -3.14. The molecule has 1 heterocycles. The Hall–Kier alpha value is -3.20. The Morgan fingerprint density at radius 1 is 1.07 bits per heavy atom. The van der Waals surface area contributed by atoms with Crippen LogP contribution in [-0.4, -0.2) is 38.0 Å². The molecule has 0 saturated heterocycles. The van der Waals surface area contributed by atoms with Crippen molar-refractivity contribution in [3.8, 4) is 17.2 Å². The molecule has 0 bridgehead atoms. The van der Waals surface area contributed by atoms with Crippen LogP contribution in [0.1, 0.15) is 34.8 Å². The molecule has 0 N–H and O–H groups in total. The fourth-order valence-electron chi connectivity index (χ4n) is 2.57. The van der Waals surface area contributed by atoms with Gasteiger partial charge in [-0.3, -0.25) is 0 Å². The molecular weight excluding hydrogens is 396 g/mol. The molecule has 0 fully saturated rings. The molecule has 152 valence electrons. The first-order chi connectivity index (χ1) is 13.7. The number of nitrogens with zero attached hydrogens (tertiary/aromatic N) is 2. The van der Waals surface area contributed by atoms with E-state index in [1.807, 2.05) is 0 Å². The third kappa shape index (κ3) is 5.41. The molecule has 1 atom stereocenters. The lowest BCUT2D eigenvalue weighted by Gasteiger charge is -2.09. The summed E-state index contributed by atoms with van der Waals surface area (Å²) in [5.41, 5.74) is 1.60. The summed E-state index contributed by atoms with van der Waals surface area (Å²) in [4.78, 5) is 12.3. The van der Waals surface area contributed by atoms with Gasteiger partial charge in [-0.2, -0.15) is 0 Å². The lowest BCUT2D eigenvalue weighted by Crippen LogP contribution is -2.10. The van der Waals surface area contributed by atoms with E-state index in [0.29, 0.717) is 28.3 Å². The van der Waals surface area contributed by atoms with Crippen molar-refractivity contribution >= 4 is 15.8 Å². The van der Waals surface area contributed by atoms with Gasteiger partial charge in [0.2, 0.25) is 5.89 Å². The molecule has 0 unspecified atom stereocenters. The highest BCUT2D eigenvalue weighted by atomic mass is 32.2. The Balaban J connectivity index is 1.66. The van der Waals surface area contributed by atoms with Crippen LogP contribution in [0.15, 0.2) is 52.9 Å². The molecule has 3 rings (SSSR count). The van der Waals surface area contributed by atoms with Crippen LogP contribution >= 0.6 is 0 Å². The van der Waals surface area contributed by atoms with Crippen LogP contribution < -0.4 is 4.74 Å². The average Bonchev–Trinajstić information content (AvgIpc) is 3.17. The summed E-state index contributed by atoms with van der Waals surface area (Å²) in [7, 11) is -1.56. The van der Waals surface area contributed by atoms with Crippen LogP contribution in [0, 0.1) is 0 Å². The molecule has 2 aromatic carbocycles. The Morgan fingerprint density at radius 2 is 1.72 bits per heavy atom. The van der Waals surface area contributed by atoms with E-state index in [1.165, 1.54) is 12.1 Å². The average molecular weight is 416 g/mol. The Morgan fingerprint density at radius 3 is 2.31 bits per heavy atom. The van der Waals surface area contributed by atoms with Gasteiger partial charge in [-0.15, -0.1) is 10.2 Å². The van der Waals surface area contributed by atoms with E-state index in [2.05, 4.69) is 10.2 Å². The smallest absolute Gasteiger partial charge is 0.338 e. The predicted molar refractivity (Wildman–Crippen MR) is 105 cm³/mol. The standard InChI is InChI=1S/C20H20N2O6S/c1-13(18-21-22-19(28-18)15-8-10-17(26-2)11-9-15)27-20(23)16-6-4-14(5-7-16)12-29(3,24)25/h4-11,13H,12H2,1-3H3/t13-/m0/s1. The van der Waals surface area contributed by atoms with Gasteiger partial charge in [-0.1, -0.05) is 12.1 Å². The number of hydrogen-bond acceptors (Lipinski definition) is 8. The summed E-state index contributed by atoms with van der Waals surface area (Å²) in [6.07, 6.45) is 0.402. The van der Waals surface area contributed by atoms with Crippen LogP contribution in [0.5, 0.6) is 5.75 Å². The first-order valence-electron chi connectivity index (χ1n) is 8.70. The van der Waals surface area contributed by atoms with Crippen molar-refractivity contribution in [2.24, 2.45) is 0 Å². The molecule has 3 aromatic rings. The van der Waals surface area contributed by atoms with E-state index in [0.717, 1.165) is 6.26 Å². The highest BCUT2D eigenvalue weighted by molar-refractivity contribution is 7.89. The van der Waals surface area contributed by atoms with Crippen molar-refractivity contribution in [2.75, 3.05) is 13.4 Å². The summed E-state index contributed by atoms with van der Waals surface area (Å²) in [5, 5.41) is 7.93. The second-order valence-corrected chi connectivity index (χ2v) is 8.63. The van der Waals surface area contributed by atoms with Gasteiger partial charge in [-0.05, 0) is 48.9 Å². The summed E-state index contributed by atoms with van der Waals surface area (Å²) < 4.78 is 38.8. The number of rotatable bonds is 7. The number of sulfone groups is 1. The summed E-state index contributed by atoms with van der Waals surface area (Å²) in [6, 6.07) is 13.3.